The number of aliphatic hydroxyl groups excluding tert-OH is 1. The fraction of sp³-hybridized carbons (Fsp3) is 0.286. The standard InChI is InChI=1S/C14H16Cl2N4O4S/c1-8(7-21)19-25(23,24)10-6-20(2)13(12(10)16)14(22)18-9-3-4-17-11(15)5-9/h3-6,8,19,21H,7H2,1-2H3,(H,17,18,22). The van der Waals surface area contributed by atoms with Crippen LogP contribution in [0.15, 0.2) is 29.4 Å². The molecule has 1 atom stereocenters. The van der Waals surface area contributed by atoms with Gasteiger partial charge in [-0.05, 0) is 19.1 Å². The van der Waals surface area contributed by atoms with E-state index in [1.807, 2.05) is 0 Å². The van der Waals surface area contributed by atoms with E-state index in [1.165, 1.54) is 43.1 Å². The molecule has 25 heavy (non-hydrogen) atoms. The summed E-state index contributed by atoms with van der Waals surface area (Å²) in [7, 11) is -2.50. The summed E-state index contributed by atoms with van der Waals surface area (Å²) in [6.07, 6.45) is 2.64. The number of aryl methyl sites for hydroxylation is 1. The number of aromatic nitrogens is 2. The number of nitrogens with one attached hydrogen (secondary N) is 2. The zero-order valence-electron chi connectivity index (χ0n) is 13.3. The molecule has 0 spiro atoms. The van der Waals surface area contributed by atoms with Crippen molar-refractivity contribution in [3.63, 3.8) is 0 Å². The van der Waals surface area contributed by atoms with Gasteiger partial charge in [0.2, 0.25) is 10.0 Å². The minimum atomic E-state index is -3.99. The monoisotopic (exact) mass is 406 g/mol. The van der Waals surface area contributed by atoms with E-state index >= 15 is 0 Å². The highest BCUT2D eigenvalue weighted by molar-refractivity contribution is 7.89. The molecule has 1 amide bonds. The molecule has 2 aromatic rings. The summed E-state index contributed by atoms with van der Waals surface area (Å²) < 4.78 is 28.2. The second kappa shape index (κ2) is 7.71. The summed E-state index contributed by atoms with van der Waals surface area (Å²) >= 11 is 11.9. The van der Waals surface area contributed by atoms with Gasteiger partial charge < -0.3 is 15.0 Å². The van der Waals surface area contributed by atoms with Gasteiger partial charge >= 0.3 is 0 Å². The molecule has 136 valence electrons. The molecule has 3 N–H and O–H groups in total. The highest BCUT2D eigenvalue weighted by Gasteiger charge is 2.28. The Labute approximate surface area is 154 Å². The Bertz CT molecular complexity index is 898. The van der Waals surface area contributed by atoms with E-state index in [2.05, 4.69) is 15.0 Å². The van der Waals surface area contributed by atoms with Gasteiger partial charge in [0, 0.05) is 31.2 Å². The van der Waals surface area contributed by atoms with E-state index in [9.17, 15) is 13.2 Å². The number of aliphatic hydroxyl groups is 1. The third-order valence-corrected chi connectivity index (χ3v) is 5.51. The predicted molar refractivity (Wildman–Crippen MR) is 94.5 cm³/mol. The van der Waals surface area contributed by atoms with Gasteiger partial charge in [-0.3, -0.25) is 4.79 Å². The minimum Gasteiger partial charge on any atom is -0.395 e. The number of halogens is 2. The number of carbonyl (C=O) groups is 1. The molecule has 0 radical (unpaired) electrons. The number of nitrogens with zero attached hydrogens (tertiary/aromatic N) is 2. The number of anilines is 1. The first-order chi connectivity index (χ1) is 11.7. The molecule has 2 rings (SSSR count). The highest BCUT2D eigenvalue weighted by Crippen LogP contribution is 2.28. The first-order valence-corrected chi connectivity index (χ1v) is 9.30. The first-order valence-electron chi connectivity index (χ1n) is 7.06. The first kappa shape index (κ1) is 19.7. The lowest BCUT2D eigenvalue weighted by Gasteiger charge is -2.10. The maximum absolute atomic E-state index is 12.5. The number of hydrogen-bond donors (Lipinski definition) is 3. The molecular formula is C14H16Cl2N4O4S. The van der Waals surface area contributed by atoms with Crippen LogP contribution in [0.2, 0.25) is 10.2 Å². The van der Waals surface area contributed by atoms with E-state index in [1.54, 1.807) is 0 Å². The lowest BCUT2D eigenvalue weighted by atomic mass is 10.3. The number of sulfonamides is 1. The molecule has 2 aromatic heterocycles. The van der Waals surface area contributed by atoms with Crippen LogP contribution in [0, 0.1) is 0 Å². The van der Waals surface area contributed by atoms with Crippen molar-refractivity contribution in [2.45, 2.75) is 17.9 Å². The molecule has 0 aliphatic heterocycles. The number of amides is 1. The van der Waals surface area contributed by atoms with Crippen molar-refractivity contribution in [1.82, 2.24) is 14.3 Å². The second-order valence-corrected chi connectivity index (χ2v) is 7.74. The Morgan fingerprint density at radius 3 is 2.72 bits per heavy atom. The summed E-state index contributed by atoms with van der Waals surface area (Å²) in [5.41, 5.74) is 0.352. The van der Waals surface area contributed by atoms with E-state index in [4.69, 9.17) is 28.3 Å². The molecule has 0 aliphatic carbocycles. The molecule has 0 aliphatic rings. The van der Waals surface area contributed by atoms with Crippen LogP contribution in [0.4, 0.5) is 5.69 Å². The van der Waals surface area contributed by atoms with E-state index in [0.717, 1.165) is 0 Å². The Hall–Kier alpha value is -1.65. The molecule has 0 aromatic carbocycles. The van der Waals surface area contributed by atoms with Gasteiger partial charge in [-0.2, -0.15) is 0 Å². The van der Waals surface area contributed by atoms with Crippen LogP contribution in [-0.4, -0.2) is 41.6 Å². The Kier molecular flexibility index (Phi) is 6.07. The van der Waals surface area contributed by atoms with Crippen LogP contribution >= 0.6 is 23.2 Å². The molecule has 2 heterocycles. The molecule has 0 saturated heterocycles. The van der Waals surface area contributed by atoms with Gasteiger partial charge in [0.05, 0.1) is 11.6 Å². The molecular weight excluding hydrogens is 391 g/mol. The smallest absolute Gasteiger partial charge is 0.273 e. The van der Waals surface area contributed by atoms with Crippen LogP contribution in [0.25, 0.3) is 0 Å². The Balaban J connectivity index is 2.34. The van der Waals surface area contributed by atoms with Crippen molar-refractivity contribution >= 4 is 44.8 Å². The number of carbonyl (C=O) groups excluding carboxylic acids is 1. The number of rotatable bonds is 6. The van der Waals surface area contributed by atoms with Crippen molar-refractivity contribution in [3.8, 4) is 0 Å². The van der Waals surface area contributed by atoms with Crippen molar-refractivity contribution in [2.24, 2.45) is 7.05 Å². The second-order valence-electron chi connectivity index (χ2n) is 5.29. The highest BCUT2D eigenvalue weighted by atomic mass is 35.5. The van der Waals surface area contributed by atoms with Gasteiger partial charge in [-0.15, -0.1) is 0 Å². The van der Waals surface area contributed by atoms with Gasteiger partial charge in [0.15, 0.2) is 0 Å². The van der Waals surface area contributed by atoms with Gasteiger partial charge in [-0.25, -0.2) is 18.1 Å². The van der Waals surface area contributed by atoms with E-state index < -0.39 is 22.0 Å². The molecule has 0 fully saturated rings. The van der Waals surface area contributed by atoms with Crippen molar-refractivity contribution in [3.05, 3.63) is 40.4 Å². The fourth-order valence-electron chi connectivity index (χ4n) is 2.05. The average molecular weight is 407 g/mol. The van der Waals surface area contributed by atoms with Gasteiger partial charge in [0.25, 0.3) is 5.91 Å². The SMILES string of the molecule is CC(CO)NS(=O)(=O)c1cn(C)c(C(=O)Nc2ccnc(Cl)c2)c1Cl. The summed E-state index contributed by atoms with van der Waals surface area (Å²) in [4.78, 5) is 16.0. The summed E-state index contributed by atoms with van der Waals surface area (Å²) in [6.45, 7) is 1.12. The molecule has 1 unspecified atom stereocenters. The topological polar surface area (TPSA) is 113 Å². The zero-order chi connectivity index (χ0) is 18.8. The number of hydrogen-bond acceptors (Lipinski definition) is 5. The summed E-state index contributed by atoms with van der Waals surface area (Å²) in [6, 6.07) is 2.28. The zero-order valence-corrected chi connectivity index (χ0v) is 15.7. The lowest BCUT2D eigenvalue weighted by molar-refractivity contribution is 0.101. The van der Waals surface area contributed by atoms with E-state index in [-0.39, 0.29) is 27.4 Å². The molecule has 0 bridgehead atoms. The molecule has 0 saturated carbocycles. The Morgan fingerprint density at radius 2 is 2.12 bits per heavy atom. The number of pyridine rings is 1. The lowest BCUT2D eigenvalue weighted by Crippen LogP contribution is -2.35. The fourth-order valence-corrected chi connectivity index (χ4v) is 4.16. The average Bonchev–Trinajstić information content (AvgIpc) is 2.82. The Morgan fingerprint density at radius 1 is 1.44 bits per heavy atom. The van der Waals surface area contributed by atoms with Crippen molar-refractivity contribution in [1.29, 1.82) is 0 Å². The van der Waals surface area contributed by atoms with Crippen LogP contribution < -0.4 is 10.0 Å². The predicted octanol–water partition coefficient (Wildman–Crippen LogP) is 1.64. The van der Waals surface area contributed by atoms with E-state index in [0.29, 0.717) is 5.69 Å². The third-order valence-electron chi connectivity index (χ3n) is 3.21. The van der Waals surface area contributed by atoms with Crippen LogP contribution in [-0.2, 0) is 17.1 Å². The van der Waals surface area contributed by atoms with Crippen LogP contribution in [0.3, 0.4) is 0 Å². The molecule has 11 heteroatoms. The van der Waals surface area contributed by atoms with Gasteiger partial charge in [-0.1, -0.05) is 23.2 Å². The summed E-state index contributed by atoms with van der Waals surface area (Å²) in [5, 5.41) is 11.5. The van der Waals surface area contributed by atoms with Gasteiger partial charge in [0.1, 0.15) is 15.7 Å². The van der Waals surface area contributed by atoms with Crippen LogP contribution in [0.1, 0.15) is 17.4 Å². The quantitative estimate of drug-likeness (QED) is 0.630. The maximum Gasteiger partial charge on any atom is 0.273 e. The normalized spacial score (nSPS) is 12.8. The van der Waals surface area contributed by atoms with Crippen LogP contribution in [0.5, 0.6) is 0 Å². The minimum absolute atomic E-state index is 0.0355. The largest absolute Gasteiger partial charge is 0.395 e. The van der Waals surface area contributed by atoms with Crippen molar-refractivity contribution < 1.29 is 18.3 Å². The maximum atomic E-state index is 12.5. The third kappa shape index (κ3) is 4.50. The van der Waals surface area contributed by atoms with Crippen molar-refractivity contribution in [2.75, 3.05) is 11.9 Å². The molecule has 8 nitrogen and oxygen atoms in total. The summed E-state index contributed by atoms with van der Waals surface area (Å²) in [5.74, 6) is -0.605.